The Kier molecular flexibility index (Phi) is 3.43. The minimum Gasteiger partial charge on any atom is -0.466 e. The number of methoxy groups -OCH3 is 1. The lowest BCUT2D eigenvalue weighted by molar-refractivity contribution is -0.136. The molecular formula is C15H15N3O3. The fourth-order valence-corrected chi connectivity index (χ4v) is 2.53. The Morgan fingerprint density at radius 3 is 3.10 bits per heavy atom. The van der Waals surface area contributed by atoms with Crippen molar-refractivity contribution in [3.05, 3.63) is 47.8 Å². The quantitative estimate of drug-likeness (QED) is 0.863. The number of carbonyl (C=O) groups is 2. The minimum absolute atomic E-state index is 0.0711. The van der Waals surface area contributed by atoms with E-state index >= 15 is 0 Å². The molecule has 0 aliphatic heterocycles. The number of ether oxygens (including phenoxy) is 1. The lowest BCUT2D eigenvalue weighted by Crippen LogP contribution is -2.33. The summed E-state index contributed by atoms with van der Waals surface area (Å²) in [6, 6.07) is 5.30. The molecular weight excluding hydrogens is 270 g/mol. The maximum atomic E-state index is 12.3. The molecule has 0 spiro atoms. The molecule has 1 aliphatic carbocycles. The van der Waals surface area contributed by atoms with Gasteiger partial charge in [0.15, 0.2) is 0 Å². The fraction of sp³-hybridized carbons (Fsp3) is 0.267. The molecule has 0 fully saturated rings. The first-order chi connectivity index (χ1) is 10.2. The van der Waals surface area contributed by atoms with Crippen molar-refractivity contribution in [3.8, 4) is 0 Å². The predicted molar refractivity (Wildman–Crippen MR) is 75.8 cm³/mol. The highest BCUT2D eigenvalue weighted by molar-refractivity contribution is 6.01. The third-order valence-electron chi connectivity index (χ3n) is 3.58. The summed E-state index contributed by atoms with van der Waals surface area (Å²) < 4.78 is 6.34. The van der Waals surface area contributed by atoms with E-state index in [9.17, 15) is 9.59 Å². The van der Waals surface area contributed by atoms with E-state index in [0.29, 0.717) is 24.0 Å². The highest BCUT2D eigenvalue weighted by atomic mass is 16.5. The van der Waals surface area contributed by atoms with E-state index in [-0.39, 0.29) is 17.9 Å². The summed E-state index contributed by atoms with van der Waals surface area (Å²) >= 11 is 0. The normalized spacial score (nSPS) is 17.6. The van der Waals surface area contributed by atoms with Crippen molar-refractivity contribution in [2.75, 3.05) is 7.11 Å². The number of hydrogen-bond donors (Lipinski definition) is 1. The van der Waals surface area contributed by atoms with Crippen LogP contribution in [0.25, 0.3) is 5.52 Å². The van der Waals surface area contributed by atoms with Crippen LogP contribution in [0.15, 0.2) is 42.2 Å². The molecule has 2 aromatic rings. The molecule has 0 saturated carbocycles. The summed E-state index contributed by atoms with van der Waals surface area (Å²) in [5.41, 5.74) is 1.95. The van der Waals surface area contributed by atoms with E-state index in [1.165, 1.54) is 7.11 Å². The van der Waals surface area contributed by atoms with Crippen LogP contribution in [0, 0.1) is 0 Å². The molecule has 1 atom stereocenters. The lowest BCUT2D eigenvalue weighted by atomic mass is 10.1. The largest absolute Gasteiger partial charge is 0.466 e. The van der Waals surface area contributed by atoms with Crippen molar-refractivity contribution in [3.63, 3.8) is 0 Å². The Labute approximate surface area is 121 Å². The third kappa shape index (κ3) is 2.52. The summed E-state index contributed by atoms with van der Waals surface area (Å²) in [7, 11) is 1.36. The Balaban J connectivity index is 1.70. The highest BCUT2D eigenvalue weighted by Gasteiger charge is 2.24. The summed E-state index contributed by atoms with van der Waals surface area (Å²) in [5, 5.41) is 7.07. The third-order valence-corrected chi connectivity index (χ3v) is 3.58. The van der Waals surface area contributed by atoms with Gasteiger partial charge in [-0.25, -0.2) is 9.31 Å². The number of rotatable bonds is 3. The van der Waals surface area contributed by atoms with Crippen LogP contribution < -0.4 is 5.32 Å². The smallest absolute Gasteiger partial charge is 0.333 e. The highest BCUT2D eigenvalue weighted by Crippen LogP contribution is 2.20. The SMILES string of the molecule is COC(=O)C1=CCC(NC(=O)c2ccn3ncccc23)C1. The molecule has 21 heavy (non-hydrogen) atoms. The summed E-state index contributed by atoms with van der Waals surface area (Å²) in [4.78, 5) is 23.8. The maximum Gasteiger partial charge on any atom is 0.333 e. The average molecular weight is 285 g/mol. The van der Waals surface area contributed by atoms with Crippen LogP contribution in [0.1, 0.15) is 23.2 Å². The van der Waals surface area contributed by atoms with Gasteiger partial charge in [0.05, 0.1) is 18.2 Å². The van der Waals surface area contributed by atoms with Crippen molar-refractivity contribution in [1.29, 1.82) is 0 Å². The van der Waals surface area contributed by atoms with Gasteiger partial charge in [0.25, 0.3) is 5.91 Å². The predicted octanol–water partition coefficient (Wildman–Crippen LogP) is 1.33. The molecule has 6 heteroatoms. The van der Waals surface area contributed by atoms with Crippen molar-refractivity contribution < 1.29 is 14.3 Å². The van der Waals surface area contributed by atoms with Crippen LogP contribution in [0.5, 0.6) is 0 Å². The van der Waals surface area contributed by atoms with Gasteiger partial charge in [-0.3, -0.25) is 4.79 Å². The molecule has 1 aliphatic rings. The molecule has 108 valence electrons. The molecule has 2 aromatic heterocycles. The van der Waals surface area contributed by atoms with E-state index in [2.05, 4.69) is 15.2 Å². The van der Waals surface area contributed by atoms with Gasteiger partial charge in [-0.1, -0.05) is 6.08 Å². The number of esters is 1. The van der Waals surface area contributed by atoms with Gasteiger partial charge < -0.3 is 10.1 Å². The summed E-state index contributed by atoms with van der Waals surface area (Å²) in [6.07, 6.45) is 6.37. The Hall–Kier alpha value is -2.63. The topological polar surface area (TPSA) is 72.7 Å². The van der Waals surface area contributed by atoms with Gasteiger partial charge in [0.1, 0.15) is 0 Å². The Morgan fingerprint density at radius 1 is 1.43 bits per heavy atom. The number of aromatic nitrogens is 2. The number of nitrogens with one attached hydrogen (secondary N) is 1. The van der Waals surface area contributed by atoms with E-state index < -0.39 is 0 Å². The second kappa shape index (κ2) is 5.40. The zero-order valence-electron chi connectivity index (χ0n) is 11.6. The van der Waals surface area contributed by atoms with Crippen molar-refractivity contribution in [2.24, 2.45) is 0 Å². The van der Waals surface area contributed by atoms with Crippen molar-refractivity contribution in [2.45, 2.75) is 18.9 Å². The summed E-state index contributed by atoms with van der Waals surface area (Å²) in [6.45, 7) is 0. The maximum absolute atomic E-state index is 12.3. The number of carbonyl (C=O) groups excluding carboxylic acids is 2. The first-order valence-electron chi connectivity index (χ1n) is 6.69. The van der Waals surface area contributed by atoms with Gasteiger partial charge >= 0.3 is 5.97 Å². The molecule has 1 amide bonds. The zero-order chi connectivity index (χ0) is 14.8. The standard InChI is InChI=1S/C15H15N3O3/c1-21-15(20)10-4-5-11(9-10)17-14(19)12-6-8-18-13(12)3-2-7-16-18/h2-4,6-8,11H,5,9H2,1H3,(H,17,19). The van der Waals surface area contributed by atoms with Crippen LogP contribution >= 0.6 is 0 Å². The van der Waals surface area contributed by atoms with Crippen LogP contribution in [0.4, 0.5) is 0 Å². The van der Waals surface area contributed by atoms with E-state index in [4.69, 9.17) is 0 Å². The molecule has 2 heterocycles. The van der Waals surface area contributed by atoms with Gasteiger partial charge in [0, 0.05) is 24.0 Å². The van der Waals surface area contributed by atoms with Crippen molar-refractivity contribution >= 4 is 17.4 Å². The van der Waals surface area contributed by atoms with Crippen molar-refractivity contribution in [1.82, 2.24) is 14.9 Å². The second-order valence-corrected chi connectivity index (χ2v) is 4.91. The summed E-state index contributed by atoms with van der Waals surface area (Å²) in [5.74, 6) is -0.486. The average Bonchev–Trinajstić information content (AvgIpc) is 3.12. The number of hydrogen-bond acceptors (Lipinski definition) is 4. The molecule has 3 rings (SSSR count). The lowest BCUT2D eigenvalue weighted by Gasteiger charge is -2.12. The van der Waals surface area contributed by atoms with Gasteiger partial charge in [-0.15, -0.1) is 0 Å². The minimum atomic E-state index is -0.328. The second-order valence-electron chi connectivity index (χ2n) is 4.91. The number of fused-ring (bicyclic) bond motifs is 1. The number of nitrogens with zero attached hydrogens (tertiary/aromatic N) is 2. The van der Waals surface area contributed by atoms with Gasteiger partial charge in [0.2, 0.25) is 0 Å². The zero-order valence-corrected chi connectivity index (χ0v) is 11.6. The molecule has 0 saturated heterocycles. The Bertz CT molecular complexity index is 733. The first-order valence-corrected chi connectivity index (χ1v) is 6.69. The Morgan fingerprint density at radius 2 is 2.29 bits per heavy atom. The van der Waals surface area contributed by atoms with Crippen LogP contribution in [-0.4, -0.2) is 34.6 Å². The molecule has 0 radical (unpaired) electrons. The molecule has 0 bridgehead atoms. The van der Waals surface area contributed by atoms with Crippen LogP contribution in [0.2, 0.25) is 0 Å². The van der Waals surface area contributed by atoms with Crippen LogP contribution in [0.3, 0.4) is 0 Å². The number of amides is 1. The van der Waals surface area contributed by atoms with Crippen LogP contribution in [-0.2, 0) is 9.53 Å². The first kappa shape index (κ1) is 13.4. The molecule has 6 nitrogen and oxygen atoms in total. The van der Waals surface area contributed by atoms with Gasteiger partial charge in [-0.05, 0) is 31.0 Å². The van der Waals surface area contributed by atoms with Gasteiger partial charge in [-0.2, -0.15) is 5.10 Å². The van der Waals surface area contributed by atoms with E-state index in [1.807, 2.05) is 12.1 Å². The molecule has 1 N–H and O–H groups in total. The fourth-order valence-electron chi connectivity index (χ4n) is 2.53. The van der Waals surface area contributed by atoms with E-state index in [0.717, 1.165) is 5.52 Å². The van der Waals surface area contributed by atoms with E-state index in [1.54, 1.807) is 29.0 Å². The monoisotopic (exact) mass is 285 g/mol. The molecule has 1 unspecified atom stereocenters. The molecule has 0 aromatic carbocycles.